The molecular weight excluding hydrogens is 198 g/mol. The van der Waals surface area contributed by atoms with E-state index in [9.17, 15) is 4.79 Å². The molecule has 0 bridgehead atoms. The van der Waals surface area contributed by atoms with Gasteiger partial charge in [-0.3, -0.25) is 4.79 Å². The van der Waals surface area contributed by atoms with E-state index < -0.39 is 0 Å². The van der Waals surface area contributed by atoms with Gasteiger partial charge in [-0.15, -0.1) is 0 Å². The van der Waals surface area contributed by atoms with Gasteiger partial charge in [0.2, 0.25) is 0 Å². The van der Waals surface area contributed by atoms with E-state index in [1.165, 1.54) is 19.3 Å². The maximum atomic E-state index is 11.3. The Labute approximate surface area is 99.2 Å². The van der Waals surface area contributed by atoms with Crippen LogP contribution in [0.15, 0.2) is 0 Å². The molecule has 0 aromatic heterocycles. The number of carbonyl (C=O) groups excluding carboxylic acids is 1. The van der Waals surface area contributed by atoms with Crippen molar-refractivity contribution < 1.29 is 4.79 Å². The van der Waals surface area contributed by atoms with E-state index in [1.807, 2.05) is 0 Å². The van der Waals surface area contributed by atoms with Gasteiger partial charge in [-0.25, -0.2) is 0 Å². The molecule has 1 amide bonds. The second-order valence-corrected chi connectivity index (χ2v) is 4.85. The lowest BCUT2D eigenvalue weighted by Crippen LogP contribution is -2.37. The maximum Gasteiger partial charge on any atom is 0.296 e. The SMILES string of the molecule is CC#CC(=O)NC1CCC(C(C)CC)CC1. The summed E-state index contributed by atoms with van der Waals surface area (Å²) in [6.07, 6.45) is 6.00. The molecule has 0 radical (unpaired) electrons. The highest BCUT2D eigenvalue weighted by atomic mass is 16.1. The van der Waals surface area contributed by atoms with Crippen LogP contribution in [0.4, 0.5) is 0 Å². The van der Waals surface area contributed by atoms with Crippen molar-refractivity contribution in [1.29, 1.82) is 0 Å². The van der Waals surface area contributed by atoms with Crippen LogP contribution in [-0.2, 0) is 4.79 Å². The van der Waals surface area contributed by atoms with Crippen LogP contribution in [0, 0.1) is 23.7 Å². The molecule has 1 atom stereocenters. The molecule has 0 heterocycles. The molecule has 1 saturated carbocycles. The highest BCUT2D eigenvalue weighted by Gasteiger charge is 2.24. The van der Waals surface area contributed by atoms with Crippen molar-refractivity contribution in [3.63, 3.8) is 0 Å². The third-order valence-electron chi connectivity index (χ3n) is 3.79. The highest BCUT2D eigenvalue weighted by molar-refractivity contribution is 5.93. The Balaban J connectivity index is 2.31. The van der Waals surface area contributed by atoms with Crippen molar-refractivity contribution in [2.75, 3.05) is 0 Å². The monoisotopic (exact) mass is 221 g/mol. The van der Waals surface area contributed by atoms with Crippen LogP contribution in [0.2, 0.25) is 0 Å². The molecule has 1 fully saturated rings. The second-order valence-electron chi connectivity index (χ2n) is 4.85. The fourth-order valence-corrected chi connectivity index (χ4v) is 2.50. The molecule has 0 saturated heterocycles. The zero-order valence-corrected chi connectivity index (χ0v) is 10.7. The van der Waals surface area contributed by atoms with Crippen molar-refractivity contribution in [3.8, 4) is 11.8 Å². The normalized spacial score (nSPS) is 26.4. The van der Waals surface area contributed by atoms with Crippen LogP contribution in [0.1, 0.15) is 52.9 Å². The van der Waals surface area contributed by atoms with Crippen molar-refractivity contribution in [2.45, 2.75) is 58.9 Å². The topological polar surface area (TPSA) is 29.1 Å². The van der Waals surface area contributed by atoms with Crippen LogP contribution in [0.25, 0.3) is 0 Å². The largest absolute Gasteiger partial charge is 0.343 e. The molecule has 1 aliphatic carbocycles. The molecule has 1 unspecified atom stereocenters. The lowest BCUT2D eigenvalue weighted by Gasteiger charge is -2.31. The number of hydrogen-bond donors (Lipinski definition) is 1. The fourth-order valence-electron chi connectivity index (χ4n) is 2.50. The molecule has 1 rings (SSSR count). The average Bonchev–Trinajstić information content (AvgIpc) is 2.29. The van der Waals surface area contributed by atoms with Gasteiger partial charge in [0.1, 0.15) is 0 Å². The van der Waals surface area contributed by atoms with E-state index >= 15 is 0 Å². The van der Waals surface area contributed by atoms with Gasteiger partial charge in [0.15, 0.2) is 0 Å². The molecule has 1 aliphatic rings. The first kappa shape index (κ1) is 13.1. The summed E-state index contributed by atoms with van der Waals surface area (Å²) in [7, 11) is 0. The molecule has 1 N–H and O–H groups in total. The maximum absolute atomic E-state index is 11.3. The van der Waals surface area contributed by atoms with Gasteiger partial charge in [-0.05, 0) is 50.4 Å². The van der Waals surface area contributed by atoms with Crippen LogP contribution in [-0.4, -0.2) is 11.9 Å². The Morgan fingerprint density at radius 3 is 2.50 bits per heavy atom. The van der Waals surface area contributed by atoms with Gasteiger partial charge in [0.25, 0.3) is 5.91 Å². The molecule has 2 heteroatoms. The van der Waals surface area contributed by atoms with E-state index in [2.05, 4.69) is 31.0 Å². The molecule has 2 nitrogen and oxygen atoms in total. The summed E-state index contributed by atoms with van der Waals surface area (Å²) in [5.41, 5.74) is 0. The first-order valence-electron chi connectivity index (χ1n) is 6.40. The minimum atomic E-state index is -0.116. The molecule has 0 aromatic carbocycles. The summed E-state index contributed by atoms with van der Waals surface area (Å²) >= 11 is 0. The number of amides is 1. The van der Waals surface area contributed by atoms with E-state index in [4.69, 9.17) is 0 Å². The summed E-state index contributed by atoms with van der Waals surface area (Å²) in [4.78, 5) is 11.3. The quantitative estimate of drug-likeness (QED) is 0.729. The van der Waals surface area contributed by atoms with Crippen molar-refractivity contribution in [1.82, 2.24) is 5.32 Å². The zero-order chi connectivity index (χ0) is 12.0. The Bertz CT molecular complexity index is 279. The standard InChI is InChI=1S/C14H23NO/c1-4-6-14(16)15-13-9-7-12(8-10-13)11(3)5-2/h11-13H,5,7-10H2,1-3H3,(H,15,16). The molecule has 0 aromatic rings. The fraction of sp³-hybridized carbons (Fsp3) is 0.786. The lowest BCUT2D eigenvalue weighted by molar-refractivity contribution is -0.116. The smallest absolute Gasteiger partial charge is 0.296 e. The summed E-state index contributed by atoms with van der Waals surface area (Å²) in [5, 5.41) is 2.98. The van der Waals surface area contributed by atoms with Crippen LogP contribution < -0.4 is 5.32 Å². The van der Waals surface area contributed by atoms with Crippen molar-refractivity contribution in [2.24, 2.45) is 11.8 Å². The number of carbonyl (C=O) groups is 1. The lowest BCUT2D eigenvalue weighted by atomic mass is 9.78. The molecule has 90 valence electrons. The molecule has 16 heavy (non-hydrogen) atoms. The van der Waals surface area contributed by atoms with Crippen LogP contribution >= 0.6 is 0 Å². The third kappa shape index (κ3) is 3.89. The Hall–Kier alpha value is -0.970. The van der Waals surface area contributed by atoms with Gasteiger partial charge in [0.05, 0.1) is 0 Å². The average molecular weight is 221 g/mol. The van der Waals surface area contributed by atoms with E-state index in [-0.39, 0.29) is 5.91 Å². The van der Waals surface area contributed by atoms with E-state index in [0.717, 1.165) is 24.7 Å². The summed E-state index contributed by atoms with van der Waals surface area (Å²) in [5.74, 6) is 6.74. The van der Waals surface area contributed by atoms with Gasteiger partial charge in [0, 0.05) is 6.04 Å². The first-order valence-corrected chi connectivity index (χ1v) is 6.40. The first-order chi connectivity index (χ1) is 7.67. The predicted octanol–water partition coefficient (Wildman–Crippen LogP) is 2.73. The summed E-state index contributed by atoms with van der Waals surface area (Å²) in [6, 6.07) is 0.355. The van der Waals surface area contributed by atoms with E-state index in [1.54, 1.807) is 6.92 Å². The van der Waals surface area contributed by atoms with Crippen LogP contribution in [0.3, 0.4) is 0 Å². The molecule has 0 aliphatic heterocycles. The summed E-state index contributed by atoms with van der Waals surface area (Å²) in [6.45, 7) is 6.29. The number of hydrogen-bond acceptors (Lipinski definition) is 1. The van der Waals surface area contributed by atoms with Gasteiger partial charge < -0.3 is 5.32 Å². The van der Waals surface area contributed by atoms with Gasteiger partial charge in [-0.2, -0.15) is 0 Å². The number of rotatable bonds is 3. The zero-order valence-electron chi connectivity index (χ0n) is 10.7. The summed E-state index contributed by atoms with van der Waals surface area (Å²) < 4.78 is 0. The molecular formula is C14H23NO. The highest BCUT2D eigenvalue weighted by Crippen LogP contribution is 2.31. The Morgan fingerprint density at radius 2 is 2.00 bits per heavy atom. The second kappa shape index (κ2) is 6.58. The van der Waals surface area contributed by atoms with Crippen LogP contribution in [0.5, 0.6) is 0 Å². The van der Waals surface area contributed by atoms with Crippen molar-refractivity contribution in [3.05, 3.63) is 0 Å². The third-order valence-corrected chi connectivity index (χ3v) is 3.79. The minimum Gasteiger partial charge on any atom is -0.343 e. The van der Waals surface area contributed by atoms with E-state index in [0.29, 0.717) is 6.04 Å². The Morgan fingerprint density at radius 1 is 1.38 bits per heavy atom. The minimum absolute atomic E-state index is 0.116. The van der Waals surface area contributed by atoms with Gasteiger partial charge in [-0.1, -0.05) is 26.2 Å². The predicted molar refractivity (Wildman–Crippen MR) is 66.8 cm³/mol. The molecule has 0 spiro atoms. The van der Waals surface area contributed by atoms with Gasteiger partial charge >= 0.3 is 0 Å². The number of nitrogens with one attached hydrogen (secondary N) is 1. The Kier molecular flexibility index (Phi) is 5.38. The van der Waals surface area contributed by atoms with Crippen molar-refractivity contribution >= 4 is 5.91 Å².